The van der Waals surface area contributed by atoms with Gasteiger partial charge in [0.2, 0.25) is 0 Å². The average molecular weight is 226 g/mol. The van der Waals surface area contributed by atoms with Crippen molar-refractivity contribution < 1.29 is 0 Å². The molecule has 2 aromatic heterocycles. The molecule has 0 radical (unpaired) electrons. The van der Waals surface area contributed by atoms with Gasteiger partial charge in [0.05, 0.1) is 5.69 Å². The summed E-state index contributed by atoms with van der Waals surface area (Å²) in [6, 6.07) is 12.3. The Morgan fingerprint density at radius 3 is 2.81 bits per heavy atom. The second kappa shape index (κ2) is 3.94. The van der Waals surface area contributed by atoms with Gasteiger partial charge in [-0.1, -0.05) is 36.4 Å². The molecule has 0 aliphatic rings. The molecule has 78 valence electrons. The monoisotopic (exact) mass is 226 g/mol. The van der Waals surface area contributed by atoms with Gasteiger partial charge in [-0.2, -0.15) is 5.10 Å². The first-order valence-electron chi connectivity index (χ1n) is 5.08. The van der Waals surface area contributed by atoms with E-state index < -0.39 is 0 Å². The number of nitrogens with zero attached hydrogens (tertiary/aromatic N) is 1. The fourth-order valence-electron chi connectivity index (χ4n) is 1.63. The van der Waals surface area contributed by atoms with Crippen LogP contribution in [0.15, 0.2) is 41.8 Å². The predicted octanol–water partition coefficient (Wildman–Crippen LogP) is 3.79. The molecule has 0 fully saturated rings. The van der Waals surface area contributed by atoms with E-state index >= 15 is 0 Å². The second-order valence-corrected chi connectivity index (χ2v) is 4.42. The summed E-state index contributed by atoms with van der Waals surface area (Å²) in [5.41, 5.74) is 2.26. The van der Waals surface area contributed by atoms with Gasteiger partial charge in [0, 0.05) is 5.39 Å². The van der Waals surface area contributed by atoms with Gasteiger partial charge in [-0.25, -0.2) is 0 Å². The highest BCUT2D eigenvalue weighted by Crippen LogP contribution is 2.22. The molecule has 0 aliphatic heterocycles. The van der Waals surface area contributed by atoms with Crippen LogP contribution in [-0.4, -0.2) is 10.2 Å². The zero-order valence-electron chi connectivity index (χ0n) is 8.55. The maximum absolute atomic E-state index is 4.23. The fourth-order valence-corrected chi connectivity index (χ4v) is 2.37. The molecule has 0 spiro atoms. The van der Waals surface area contributed by atoms with E-state index in [9.17, 15) is 0 Å². The van der Waals surface area contributed by atoms with Crippen molar-refractivity contribution in [2.24, 2.45) is 0 Å². The summed E-state index contributed by atoms with van der Waals surface area (Å²) in [5, 5.41) is 10.5. The average Bonchev–Trinajstić information content (AvgIpc) is 2.90. The minimum absolute atomic E-state index is 1.06. The molecule has 1 aromatic carbocycles. The number of benzene rings is 1. The maximum Gasteiger partial charge on any atom is 0.145 e. The summed E-state index contributed by atoms with van der Waals surface area (Å²) in [7, 11) is 0. The van der Waals surface area contributed by atoms with Gasteiger partial charge in [0.1, 0.15) is 4.83 Å². The summed E-state index contributed by atoms with van der Waals surface area (Å²) in [6.07, 6.45) is 4.15. The second-order valence-electron chi connectivity index (χ2n) is 3.52. The number of aromatic nitrogens is 2. The van der Waals surface area contributed by atoms with E-state index in [0.29, 0.717) is 0 Å². The van der Waals surface area contributed by atoms with Crippen LogP contribution < -0.4 is 0 Å². The first-order valence-corrected chi connectivity index (χ1v) is 5.96. The third kappa shape index (κ3) is 1.66. The van der Waals surface area contributed by atoms with Crippen LogP contribution in [0.1, 0.15) is 11.3 Å². The molecule has 0 bridgehead atoms. The standard InChI is InChI=1S/C13H10N2S/c1-2-4-10(5-3-1)6-7-12-11-8-9-16-13(11)15-14-12/h1-9H,(H,14,15)/b7-6+. The molecule has 1 N–H and O–H groups in total. The van der Waals surface area contributed by atoms with Crippen LogP contribution in [-0.2, 0) is 0 Å². The molecular weight excluding hydrogens is 216 g/mol. The van der Waals surface area contributed by atoms with E-state index in [0.717, 1.165) is 10.5 Å². The topological polar surface area (TPSA) is 28.7 Å². The van der Waals surface area contributed by atoms with Crippen molar-refractivity contribution in [2.75, 3.05) is 0 Å². The Labute approximate surface area is 97.2 Å². The number of thiophene rings is 1. The zero-order chi connectivity index (χ0) is 10.8. The molecule has 0 aliphatic carbocycles. The van der Waals surface area contributed by atoms with Crippen molar-refractivity contribution in [3.05, 3.63) is 53.0 Å². The quantitative estimate of drug-likeness (QED) is 0.707. The van der Waals surface area contributed by atoms with Crippen molar-refractivity contribution in [1.29, 1.82) is 0 Å². The predicted molar refractivity (Wildman–Crippen MR) is 69.3 cm³/mol. The van der Waals surface area contributed by atoms with Crippen LogP contribution in [0.25, 0.3) is 22.4 Å². The number of H-pyrrole nitrogens is 1. The molecule has 2 heterocycles. The lowest BCUT2D eigenvalue weighted by Gasteiger charge is -1.90. The molecule has 2 nitrogen and oxygen atoms in total. The van der Waals surface area contributed by atoms with Gasteiger partial charge in [-0.15, -0.1) is 11.3 Å². The first-order chi connectivity index (χ1) is 7.93. The van der Waals surface area contributed by atoms with E-state index in [2.05, 4.69) is 45.9 Å². The molecule has 16 heavy (non-hydrogen) atoms. The van der Waals surface area contributed by atoms with E-state index in [1.165, 1.54) is 10.9 Å². The van der Waals surface area contributed by atoms with Crippen molar-refractivity contribution in [3.63, 3.8) is 0 Å². The van der Waals surface area contributed by atoms with Crippen LogP contribution in [0, 0.1) is 0 Å². The summed E-state index contributed by atoms with van der Waals surface area (Å²) in [4.78, 5) is 1.06. The van der Waals surface area contributed by atoms with Crippen molar-refractivity contribution in [3.8, 4) is 0 Å². The maximum atomic E-state index is 4.23. The minimum atomic E-state index is 1.06. The lowest BCUT2D eigenvalue weighted by atomic mass is 10.2. The lowest BCUT2D eigenvalue weighted by Crippen LogP contribution is -1.73. The van der Waals surface area contributed by atoms with Gasteiger partial charge in [-0.05, 0) is 23.1 Å². The third-order valence-electron chi connectivity index (χ3n) is 2.45. The van der Waals surface area contributed by atoms with Gasteiger partial charge in [0.25, 0.3) is 0 Å². The van der Waals surface area contributed by atoms with Crippen LogP contribution in [0.2, 0.25) is 0 Å². The van der Waals surface area contributed by atoms with Gasteiger partial charge >= 0.3 is 0 Å². The van der Waals surface area contributed by atoms with Crippen molar-refractivity contribution >= 4 is 33.7 Å². The van der Waals surface area contributed by atoms with Crippen LogP contribution in [0.5, 0.6) is 0 Å². The molecule has 3 rings (SSSR count). The Hall–Kier alpha value is -1.87. The Bertz CT molecular complexity index is 619. The molecule has 0 saturated carbocycles. The summed E-state index contributed by atoms with van der Waals surface area (Å²) in [6.45, 7) is 0. The molecule has 3 aromatic rings. The first kappa shape index (κ1) is 9.36. The Balaban J connectivity index is 1.96. The van der Waals surface area contributed by atoms with Crippen LogP contribution in [0.4, 0.5) is 0 Å². The number of rotatable bonds is 2. The molecule has 0 atom stereocenters. The van der Waals surface area contributed by atoms with Gasteiger partial charge in [-0.3, -0.25) is 5.10 Å². The third-order valence-corrected chi connectivity index (χ3v) is 3.26. The molecule has 3 heteroatoms. The molecule has 0 unspecified atom stereocenters. The minimum Gasteiger partial charge on any atom is -0.276 e. The van der Waals surface area contributed by atoms with E-state index in [4.69, 9.17) is 0 Å². The Morgan fingerprint density at radius 2 is 1.94 bits per heavy atom. The van der Waals surface area contributed by atoms with E-state index in [-0.39, 0.29) is 0 Å². The SMILES string of the molecule is C(=C\c1[nH]nc2sccc12)/c1ccccc1. The normalized spacial score (nSPS) is 11.5. The largest absolute Gasteiger partial charge is 0.276 e. The highest BCUT2D eigenvalue weighted by molar-refractivity contribution is 7.16. The highest BCUT2D eigenvalue weighted by Gasteiger charge is 2.02. The molecule has 0 saturated heterocycles. The number of hydrogen-bond donors (Lipinski definition) is 1. The summed E-state index contributed by atoms with van der Waals surface area (Å²) < 4.78 is 0. The van der Waals surface area contributed by atoms with Gasteiger partial charge in [0.15, 0.2) is 0 Å². The number of nitrogens with one attached hydrogen (secondary N) is 1. The highest BCUT2D eigenvalue weighted by atomic mass is 32.1. The Kier molecular flexibility index (Phi) is 2.31. The van der Waals surface area contributed by atoms with E-state index in [1.807, 2.05) is 18.2 Å². The smallest absolute Gasteiger partial charge is 0.145 e. The number of fused-ring (bicyclic) bond motifs is 1. The molecular formula is C13H10N2S. The van der Waals surface area contributed by atoms with E-state index in [1.54, 1.807) is 11.3 Å². The van der Waals surface area contributed by atoms with Crippen LogP contribution >= 0.6 is 11.3 Å². The van der Waals surface area contributed by atoms with Crippen molar-refractivity contribution in [1.82, 2.24) is 10.2 Å². The van der Waals surface area contributed by atoms with Crippen molar-refractivity contribution in [2.45, 2.75) is 0 Å². The molecule has 0 amide bonds. The van der Waals surface area contributed by atoms with Crippen LogP contribution in [0.3, 0.4) is 0 Å². The van der Waals surface area contributed by atoms with Gasteiger partial charge < -0.3 is 0 Å². The fraction of sp³-hybridized carbons (Fsp3) is 0. The number of hydrogen-bond acceptors (Lipinski definition) is 2. The summed E-state index contributed by atoms with van der Waals surface area (Å²) in [5.74, 6) is 0. The number of aromatic amines is 1. The lowest BCUT2D eigenvalue weighted by molar-refractivity contribution is 1.11. The Morgan fingerprint density at radius 1 is 1.06 bits per heavy atom. The summed E-state index contributed by atoms with van der Waals surface area (Å²) >= 11 is 1.65. The zero-order valence-corrected chi connectivity index (χ0v) is 9.37.